The highest BCUT2D eigenvalue weighted by atomic mass is 32.2. The summed E-state index contributed by atoms with van der Waals surface area (Å²) in [6.45, 7) is 0. The maximum Gasteiger partial charge on any atom is 0.150 e. The molecule has 90 valence electrons. The van der Waals surface area contributed by atoms with Crippen LogP contribution in [0.15, 0.2) is 0 Å². The van der Waals surface area contributed by atoms with Crippen LogP contribution < -0.4 is 0 Å². The summed E-state index contributed by atoms with van der Waals surface area (Å²) in [7, 11) is -2.72. The van der Waals surface area contributed by atoms with E-state index in [0.717, 1.165) is 25.7 Å². The van der Waals surface area contributed by atoms with Gasteiger partial charge in [-0.3, -0.25) is 0 Å². The smallest absolute Gasteiger partial charge is 0.150 e. The van der Waals surface area contributed by atoms with Crippen molar-refractivity contribution >= 4 is 9.84 Å². The molecular weight excluding hydrogens is 208 g/mol. The largest absolute Gasteiger partial charge is 0.229 e. The highest BCUT2D eigenvalue weighted by Crippen LogP contribution is 2.13. The van der Waals surface area contributed by atoms with Crippen molar-refractivity contribution in [1.29, 1.82) is 0 Å². The van der Waals surface area contributed by atoms with Crippen LogP contribution in [0.3, 0.4) is 0 Å². The molecule has 0 bridgehead atoms. The van der Waals surface area contributed by atoms with Crippen LogP contribution in [0.5, 0.6) is 0 Å². The second-order valence-electron chi connectivity index (χ2n) is 4.69. The average molecular weight is 232 g/mol. The monoisotopic (exact) mass is 232 g/mol. The fraction of sp³-hybridized carbons (Fsp3) is 1.00. The van der Waals surface area contributed by atoms with Crippen LogP contribution >= 0.6 is 0 Å². The normalized spacial score (nSPS) is 25.9. The molecule has 0 unspecified atom stereocenters. The molecular formula is C12H24O2S. The van der Waals surface area contributed by atoms with Gasteiger partial charge in [-0.05, 0) is 12.8 Å². The van der Waals surface area contributed by atoms with Crippen molar-refractivity contribution in [1.82, 2.24) is 0 Å². The van der Waals surface area contributed by atoms with Gasteiger partial charge in [-0.1, -0.05) is 51.4 Å². The maximum absolute atomic E-state index is 11.6. The third-order valence-corrected chi connectivity index (χ3v) is 4.98. The molecule has 0 saturated carbocycles. The minimum Gasteiger partial charge on any atom is -0.229 e. The summed E-state index contributed by atoms with van der Waals surface area (Å²) in [5.74, 6) is 0.847. The van der Waals surface area contributed by atoms with Gasteiger partial charge in [0.25, 0.3) is 0 Å². The van der Waals surface area contributed by atoms with E-state index in [1.165, 1.54) is 38.5 Å². The Bertz CT molecular complexity index is 224. The summed E-state index contributed by atoms with van der Waals surface area (Å²) in [5.41, 5.74) is 0. The van der Waals surface area contributed by atoms with Gasteiger partial charge in [0, 0.05) is 0 Å². The Kier molecular flexibility index (Phi) is 6.30. The first kappa shape index (κ1) is 13.0. The first-order chi connectivity index (χ1) is 7.21. The average Bonchev–Trinajstić information content (AvgIpc) is 2.20. The summed E-state index contributed by atoms with van der Waals surface area (Å²) in [4.78, 5) is 0. The molecule has 1 saturated heterocycles. The Morgan fingerprint density at radius 2 is 0.733 bits per heavy atom. The highest BCUT2D eigenvalue weighted by molar-refractivity contribution is 7.91. The van der Waals surface area contributed by atoms with Crippen LogP contribution in [-0.4, -0.2) is 19.9 Å². The molecule has 1 rings (SSSR count). The second-order valence-corrected chi connectivity index (χ2v) is 6.99. The minimum atomic E-state index is -2.72. The molecule has 0 aromatic rings. The predicted octanol–water partition coefficient (Wildman–Crippen LogP) is 3.32. The highest BCUT2D eigenvalue weighted by Gasteiger charge is 2.10. The first-order valence-corrected chi connectivity index (χ1v) is 8.23. The summed E-state index contributed by atoms with van der Waals surface area (Å²) >= 11 is 0. The molecule has 0 aromatic heterocycles. The summed E-state index contributed by atoms with van der Waals surface area (Å²) in [6, 6.07) is 0. The minimum absolute atomic E-state index is 0.424. The molecule has 0 amide bonds. The lowest BCUT2D eigenvalue weighted by Crippen LogP contribution is -2.11. The van der Waals surface area contributed by atoms with Crippen LogP contribution in [0.2, 0.25) is 0 Å². The lowest BCUT2D eigenvalue weighted by atomic mass is 10.1. The fourth-order valence-electron chi connectivity index (χ4n) is 2.16. The molecule has 0 radical (unpaired) electrons. The van der Waals surface area contributed by atoms with E-state index < -0.39 is 9.84 Å². The van der Waals surface area contributed by atoms with Crippen LogP contribution in [0, 0.1) is 0 Å². The Labute approximate surface area is 94.4 Å². The maximum atomic E-state index is 11.6. The molecule has 0 N–H and O–H groups in total. The third-order valence-electron chi connectivity index (χ3n) is 3.16. The SMILES string of the molecule is O=S1(=O)CCCCCCCCCCCC1. The van der Waals surface area contributed by atoms with E-state index in [-0.39, 0.29) is 0 Å². The van der Waals surface area contributed by atoms with E-state index >= 15 is 0 Å². The van der Waals surface area contributed by atoms with E-state index in [1.54, 1.807) is 0 Å². The van der Waals surface area contributed by atoms with Crippen LogP contribution in [-0.2, 0) is 9.84 Å². The molecule has 0 atom stereocenters. The van der Waals surface area contributed by atoms with E-state index in [9.17, 15) is 8.42 Å². The Balaban J connectivity index is 2.31. The summed E-state index contributed by atoms with van der Waals surface area (Å²) in [6.07, 6.45) is 11.6. The zero-order valence-corrected chi connectivity index (χ0v) is 10.5. The predicted molar refractivity (Wildman–Crippen MR) is 64.8 cm³/mol. The van der Waals surface area contributed by atoms with Gasteiger partial charge in [-0.15, -0.1) is 0 Å². The fourth-order valence-corrected chi connectivity index (χ4v) is 3.65. The van der Waals surface area contributed by atoms with Crippen LogP contribution in [0.25, 0.3) is 0 Å². The zero-order chi connectivity index (χ0) is 11.0. The van der Waals surface area contributed by atoms with Gasteiger partial charge in [0.1, 0.15) is 9.84 Å². The van der Waals surface area contributed by atoms with Gasteiger partial charge in [-0.2, -0.15) is 0 Å². The first-order valence-electron chi connectivity index (χ1n) is 6.41. The lowest BCUT2D eigenvalue weighted by Gasteiger charge is -2.03. The molecule has 1 aliphatic heterocycles. The van der Waals surface area contributed by atoms with Gasteiger partial charge in [0.15, 0.2) is 0 Å². The van der Waals surface area contributed by atoms with Crippen molar-refractivity contribution in [3.63, 3.8) is 0 Å². The van der Waals surface area contributed by atoms with Crippen molar-refractivity contribution in [2.45, 2.75) is 64.2 Å². The van der Waals surface area contributed by atoms with Gasteiger partial charge >= 0.3 is 0 Å². The molecule has 3 heteroatoms. The van der Waals surface area contributed by atoms with Crippen molar-refractivity contribution in [2.24, 2.45) is 0 Å². The van der Waals surface area contributed by atoms with Gasteiger partial charge in [-0.25, -0.2) is 8.42 Å². The summed E-state index contributed by atoms with van der Waals surface area (Å²) in [5, 5.41) is 0. The second kappa shape index (κ2) is 7.26. The molecule has 1 heterocycles. The van der Waals surface area contributed by atoms with E-state index in [1.807, 2.05) is 0 Å². The van der Waals surface area contributed by atoms with Crippen molar-refractivity contribution < 1.29 is 8.42 Å². The molecule has 1 aliphatic rings. The number of sulfone groups is 1. The molecule has 0 aliphatic carbocycles. The molecule has 1 fully saturated rings. The van der Waals surface area contributed by atoms with Crippen molar-refractivity contribution in [3.8, 4) is 0 Å². The van der Waals surface area contributed by atoms with Gasteiger partial charge in [0.05, 0.1) is 11.5 Å². The van der Waals surface area contributed by atoms with Crippen molar-refractivity contribution in [2.75, 3.05) is 11.5 Å². The van der Waals surface area contributed by atoms with E-state index in [0.29, 0.717) is 11.5 Å². The third kappa shape index (κ3) is 6.93. The van der Waals surface area contributed by atoms with E-state index in [2.05, 4.69) is 0 Å². The Hall–Kier alpha value is -0.0500. The number of hydrogen-bond acceptors (Lipinski definition) is 2. The molecule has 0 aromatic carbocycles. The standard InChI is InChI=1S/C12H24O2S/c13-15(14)11-9-7-5-3-1-2-4-6-8-10-12-15/h1-12H2. The molecule has 0 spiro atoms. The van der Waals surface area contributed by atoms with Crippen molar-refractivity contribution in [3.05, 3.63) is 0 Å². The zero-order valence-electron chi connectivity index (χ0n) is 9.71. The van der Waals surface area contributed by atoms with Gasteiger partial charge < -0.3 is 0 Å². The van der Waals surface area contributed by atoms with Crippen LogP contribution in [0.4, 0.5) is 0 Å². The number of rotatable bonds is 0. The molecule has 2 nitrogen and oxygen atoms in total. The molecule has 15 heavy (non-hydrogen) atoms. The summed E-state index contributed by atoms with van der Waals surface area (Å²) < 4.78 is 23.1. The Morgan fingerprint density at radius 3 is 1.07 bits per heavy atom. The topological polar surface area (TPSA) is 34.1 Å². The Morgan fingerprint density at radius 1 is 0.467 bits per heavy atom. The van der Waals surface area contributed by atoms with Gasteiger partial charge in [0.2, 0.25) is 0 Å². The number of hydrogen-bond donors (Lipinski definition) is 0. The quantitative estimate of drug-likeness (QED) is 0.642. The lowest BCUT2D eigenvalue weighted by molar-refractivity contribution is 0.566. The van der Waals surface area contributed by atoms with Crippen LogP contribution in [0.1, 0.15) is 64.2 Å². The van der Waals surface area contributed by atoms with E-state index in [4.69, 9.17) is 0 Å².